The van der Waals surface area contributed by atoms with Gasteiger partial charge in [0.2, 0.25) is 0 Å². The fourth-order valence-corrected chi connectivity index (χ4v) is 8.39. The highest BCUT2D eigenvalue weighted by atomic mass is 15.0. The summed E-state index contributed by atoms with van der Waals surface area (Å²) in [6.45, 7) is 0. The monoisotopic (exact) mass is 679 g/mol. The topological polar surface area (TPSA) is 74.3 Å². The van der Waals surface area contributed by atoms with E-state index in [2.05, 4.69) is 149 Å². The van der Waals surface area contributed by atoms with Gasteiger partial charge < -0.3 is 9.13 Å². The minimum absolute atomic E-state index is 0.458. The van der Waals surface area contributed by atoms with Crippen molar-refractivity contribution in [3.05, 3.63) is 199 Å². The van der Waals surface area contributed by atoms with Crippen molar-refractivity contribution in [3.8, 4) is 67.8 Å². The highest BCUT2D eigenvalue weighted by molar-refractivity contribution is 5.95. The molecule has 0 amide bonds. The molecule has 9 aromatic rings. The van der Waals surface area contributed by atoms with Gasteiger partial charge in [0.05, 0.1) is 18.1 Å². The van der Waals surface area contributed by atoms with E-state index in [1.165, 1.54) is 44.5 Å². The first-order valence-electron chi connectivity index (χ1n) is 17.6. The van der Waals surface area contributed by atoms with E-state index in [1.807, 2.05) is 21.5 Å². The SMILES string of the molecule is c1ccc2c(c1)-c1ccccc1C21c2ccccc2-c2ccc(-c3nc(-c4ccc(-n5ccnc5)cc4)nc(-c4ccc(-n5ccnc5)cc4)n3)cc21. The van der Waals surface area contributed by atoms with Crippen LogP contribution in [0.25, 0.3) is 67.8 Å². The van der Waals surface area contributed by atoms with E-state index in [4.69, 9.17) is 15.0 Å². The molecule has 2 aliphatic carbocycles. The average Bonchev–Trinajstić information content (AvgIpc) is 4.06. The van der Waals surface area contributed by atoms with E-state index in [9.17, 15) is 0 Å². The zero-order valence-corrected chi connectivity index (χ0v) is 28.4. The van der Waals surface area contributed by atoms with Crippen LogP contribution in [0.4, 0.5) is 0 Å². The first kappa shape index (κ1) is 29.5. The lowest BCUT2D eigenvalue weighted by Gasteiger charge is -2.30. The van der Waals surface area contributed by atoms with Crippen molar-refractivity contribution in [2.24, 2.45) is 0 Å². The van der Waals surface area contributed by atoms with E-state index in [0.29, 0.717) is 17.5 Å². The number of aromatic nitrogens is 7. The summed E-state index contributed by atoms with van der Waals surface area (Å²) in [5.41, 5.74) is 14.5. The van der Waals surface area contributed by atoms with Gasteiger partial charge in [0.1, 0.15) is 0 Å². The van der Waals surface area contributed by atoms with Crippen molar-refractivity contribution in [3.63, 3.8) is 0 Å². The molecule has 248 valence electrons. The fourth-order valence-electron chi connectivity index (χ4n) is 8.39. The van der Waals surface area contributed by atoms with Gasteiger partial charge in [0.25, 0.3) is 0 Å². The second-order valence-electron chi connectivity index (χ2n) is 13.5. The first-order valence-corrected chi connectivity index (χ1v) is 17.6. The summed E-state index contributed by atoms with van der Waals surface area (Å²) in [5.74, 6) is 1.84. The highest BCUT2D eigenvalue weighted by Crippen LogP contribution is 2.62. The number of nitrogens with zero attached hydrogens (tertiary/aromatic N) is 7. The van der Waals surface area contributed by atoms with Gasteiger partial charge in [-0.05, 0) is 99.1 Å². The normalized spacial score (nSPS) is 13.1. The quantitative estimate of drug-likeness (QED) is 0.181. The van der Waals surface area contributed by atoms with Crippen LogP contribution in [-0.2, 0) is 5.41 Å². The fraction of sp³-hybridized carbons (Fsp3) is 0.0217. The molecule has 53 heavy (non-hydrogen) atoms. The Labute approximate surface area is 305 Å². The molecule has 6 aromatic carbocycles. The molecule has 0 atom stereocenters. The average molecular weight is 680 g/mol. The third-order valence-corrected chi connectivity index (χ3v) is 10.7. The first-order chi connectivity index (χ1) is 26.3. The Morgan fingerprint density at radius 2 is 0.774 bits per heavy atom. The van der Waals surface area contributed by atoms with Gasteiger partial charge >= 0.3 is 0 Å². The van der Waals surface area contributed by atoms with Gasteiger partial charge in [-0.25, -0.2) is 24.9 Å². The Bertz CT molecular complexity index is 2660. The molecule has 0 N–H and O–H groups in total. The zero-order valence-electron chi connectivity index (χ0n) is 28.4. The lowest BCUT2D eigenvalue weighted by Crippen LogP contribution is -2.25. The van der Waals surface area contributed by atoms with Gasteiger partial charge in [-0.3, -0.25) is 0 Å². The molecule has 0 radical (unpaired) electrons. The molecule has 0 saturated heterocycles. The van der Waals surface area contributed by atoms with E-state index < -0.39 is 5.41 Å². The van der Waals surface area contributed by atoms with E-state index >= 15 is 0 Å². The molecule has 7 heteroatoms. The summed E-state index contributed by atoms with van der Waals surface area (Å²) in [4.78, 5) is 23.8. The van der Waals surface area contributed by atoms with Crippen molar-refractivity contribution in [1.29, 1.82) is 0 Å². The Kier molecular flexibility index (Phi) is 6.33. The lowest BCUT2D eigenvalue weighted by atomic mass is 9.70. The van der Waals surface area contributed by atoms with Crippen molar-refractivity contribution in [2.45, 2.75) is 5.41 Å². The second-order valence-corrected chi connectivity index (χ2v) is 13.5. The molecular weight excluding hydrogens is 651 g/mol. The van der Waals surface area contributed by atoms with Crippen LogP contribution in [0, 0.1) is 0 Å². The molecule has 11 rings (SSSR count). The molecule has 3 heterocycles. The molecule has 0 bridgehead atoms. The van der Waals surface area contributed by atoms with Crippen molar-refractivity contribution in [2.75, 3.05) is 0 Å². The van der Waals surface area contributed by atoms with Gasteiger partial charge in [-0.15, -0.1) is 0 Å². The van der Waals surface area contributed by atoms with Gasteiger partial charge in [0.15, 0.2) is 17.5 Å². The van der Waals surface area contributed by atoms with Crippen LogP contribution < -0.4 is 0 Å². The summed E-state index contributed by atoms with van der Waals surface area (Å²) in [6, 6.07) is 49.8. The number of benzene rings is 6. The molecule has 0 aliphatic heterocycles. The molecular formula is C46H29N7. The van der Waals surface area contributed by atoms with Crippen molar-refractivity contribution >= 4 is 0 Å². The summed E-state index contributed by atoms with van der Waals surface area (Å²) in [5, 5.41) is 0. The van der Waals surface area contributed by atoms with E-state index in [-0.39, 0.29) is 0 Å². The number of hydrogen-bond donors (Lipinski definition) is 0. The minimum Gasteiger partial charge on any atom is -0.306 e. The molecule has 7 nitrogen and oxygen atoms in total. The van der Waals surface area contributed by atoms with Gasteiger partial charge in [-0.1, -0.05) is 84.9 Å². The largest absolute Gasteiger partial charge is 0.306 e. The minimum atomic E-state index is -0.458. The Morgan fingerprint density at radius 3 is 1.21 bits per heavy atom. The van der Waals surface area contributed by atoms with Crippen LogP contribution in [0.1, 0.15) is 22.3 Å². The van der Waals surface area contributed by atoms with E-state index in [0.717, 1.165) is 28.1 Å². The lowest BCUT2D eigenvalue weighted by molar-refractivity contribution is 0.794. The predicted molar refractivity (Wildman–Crippen MR) is 207 cm³/mol. The van der Waals surface area contributed by atoms with Gasteiger partial charge in [-0.2, -0.15) is 0 Å². The zero-order chi connectivity index (χ0) is 34.9. The maximum atomic E-state index is 5.17. The number of hydrogen-bond acceptors (Lipinski definition) is 5. The Hall–Kier alpha value is -7.25. The maximum Gasteiger partial charge on any atom is 0.164 e. The third-order valence-electron chi connectivity index (χ3n) is 10.7. The Morgan fingerprint density at radius 1 is 0.377 bits per heavy atom. The molecule has 3 aromatic heterocycles. The summed E-state index contributed by atoms with van der Waals surface area (Å²) in [6.07, 6.45) is 11.0. The van der Waals surface area contributed by atoms with E-state index in [1.54, 1.807) is 25.0 Å². The molecule has 0 unspecified atom stereocenters. The van der Waals surface area contributed by atoms with Crippen LogP contribution in [0.15, 0.2) is 177 Å². The molecule has 0 fully saturated rings. The third kappa shape index (κ3) is 4.37. The van der Waals surface area contributed by atoms with Crippen LogP contribution in [0.2, 0.25) is 0 Å². The number of imidazole rings is 2. The van der Waals surface area contributed by atoms with Crippen LogP contribution in [0.3, 0.4) is 0 Å². The molecule has 2 aliphatic rings. The summed E-state index contributed by atoms with van der Waals surface area (Å²) < 4.78 is 3.96. The smallest absolute Gasteiger partial charge is 0.164 e. The highest BCUT2D eigenvalue weighted by Gasteiger charge is 2.51. The Balaban J connectivity index is 1.11. The molecule has 1 spiro atoms. The van der Waals surface area contributed by atoms with Crippen molar-refractivity contribution in [1.82, 2.24) is 34.1 Å². The maximum absolute atomic E-state index is 5.17. The van der Waals surface area contributed by atoms with Gasteiger partial charge in [0, 0.05) is 52.9 Å². The van der Waals surface area contributed by atoms with Crippen LogP contribution in [-0.4, -0.2) is 34.1 Å². The van der Waals surface area contributed by atoms with Crippen molar-refractivity contribution < 1.29 is 0 Å². The summed E-state index contributed by atoms with van der Waals surface area (Å²) in [7, 11) is 0. The standard InChI is InChI=1S/C46H29N7/c1-4-10-39-35(7-1)36-8-2-5-11-40(36)46(39)41-12-6-3-9-37(41)38-22-17-32(27-42(38)46)45-50-43(30-13-18-33(19-14-30)52-25-23-47-28-52)49-44(51-45)31-15-20-34(21-16-31)53-26-24-48-29-53/h1-29H. The number of rotatable bonds is 5. The second kappa shape index (κ2) is 11.4. The predicted octanol–water partition coefficient (Wildman–Crippen LogP) is 9.59. The van der Waals surface area contributed by atoms with Crippen LogP contribution >= 0.6 is 0 Å². The molecule has 0 saturated carbocycles. The number of fused-ring (bicyclic) bond motifs is 10. The summed E-state index contributed by atoms with van der Waals surface area (Å²) >= 11 is 0. The van der Waals surface area contributed by atoms with Crippen LogP contribution in [0.5, 0.6) is 0 Å².